The van der Waals surface area contributed by atoms with Gasteiger partial charge >= 0.3 is 0 Å². The van der Waals surface area contributed by atoms with E-state index in [9.17, 15) is 4.39 Å². The number of nitrogens with one attached hydrogen (secondary N) is 1. The molecule has 1 aromatic rings. The second-order valence-electron chi connectivity index (χ2n) is 3.87. The van der Waals surface area contributed by atoms with Crippen molar-refractivity contribution < 1.29 is 9.13 Å². The first kappa shape index (κ1) is 14.1. The van der Waals surface area contributed by atoms with Gasteiger partial charge in [-0.05, 0) is 36.3 Å². The molecular weight excluding hydrogens is 237 g/mol. The molecule has 0 saturated heterocycles. The van der Waals surface area contributed by atoms with E-state index < -0.39 is 0 Å². The lowest BCUT2D eigenvalue weighted by Gasteiger charge is -2.18. The molecular formula is C13H18FNOS. The summed E-state index contributed by atoms with van der Waals surface area (Å²) in [5.41, 5.74) is 1.03. The number of hydrogen-bond acceptors (Lipinski definition) is 3. The number of halogens is 1. The van der Waals surface area contributed by atoms with E-state index in [1.54, 1.807) is 19.2 Å². The van der Waals surface area contributed by atoms with Crippen LogP contribution >= 0.6 is 12.2 Å². The molecule has 0 aliphatic carbocycles. The van der Waals surface area contributed by atoms with Crippen molar-refractivity contribution in [2.45, 2.75) is 32.4 Å². The molecule has 4 heteroatoms. The third-order valence-electron chi connectivity index (χ3n) is 2.53. The summed E-state index contributed by atoms with van der Waals surface area (Å²) >= 11 is 5.13. The normalized spacial score (nSPS) is 12.2. The van der Waals surface area contributed by atoms with E-state index in [2.05, 4.69) is 12.2 Å². The van der Waals surface area contributed by atoms with E-state index >= 15 is 0 Å². The molecule has 0 spiro atoms. The van der Waals surface area contributed by atoms with Gasteiger partial charge in [0.1, 0.15) is 5.82 Å². The van der Waals surface area contributed by atoms with Crippen molar-refractivity contribution in [1.29, 1.82) is 0 Å². The van der Waals surface area contributed by atoms with Gasteiger partial charge in [-0.25, -0.2) is 4.39 Å². The largest absolute Gasteiger partial charge is 0.489 e. The Labute approximate surface area is 107 Å². The van der Waals surface area contributed by atoms with Crippen LogP contribution in [-0.2, 0) is 11.3 Å². The lowest BCUT2D eigenvalue weighted by atomic mass is 10.1. The number of ether oxygens (including phenoxy) is 1. The smallest absolute Gasteiger partial charge is 0.176 e. The quantitative estimate of drug-likeness (QED) is 0.789. The maximum absolute atomic E-state index is 12.7. The van der Waals surface area contributed by atoms with Crippen LogP contribution in [0.15, 0.2) is 24.3 Å². The fraction of sp³-hybridized carbons (Fsp3) is 0.462. The lowest BCUT2D eigenvalue weighted by Crippen LogP contribution is -2.36. The van der Waals surface area contributed by atoms with Crippen LogP contribution in [0.4, 0.5) is 4.39 Å². The third-order valence-corrected chi connectivity index (χ3v) is 2.98. The van der Waals surface area contributed by atoms with Crippen molar-refractivity contribution in [1.82, 2.24) is 5.32 Å². The van der Waals surface area contributed by atoms with Crippen molar-refractivity contribution in [3.8, 4) is 0 Å². The van der Waals surface area contributed by atoms with Gasteiger partial charge in [0.15, 0.2) is 5.05 Å². The molecule has 1 aromatic carbocycles. The third kappa shape index (κ3) is 4.79. The Hall–Kier alpha value is -1.00. The van der Waals surface area contributed by atoms with Gasteiger partial charge in [0.05, 0.1) is 13.2 Å². The van der Waals surface area contributed by atoms with E-state index in [4.69, 9.17) is 17.0 Å². The lowest BCUT2D eigenvalue weighted by molar-refractivity contribution is 0.374. The summed E-state index contributed by atoms with van der Waals surface area (Å²) in [6, 6.07) is 6.52. The molecule has 2 nitrogen and oxygen atoms in total. The van der Waals surface area contributed by atoms with E-state index in [0.717, 1.165) is 18.4 Å². The number of hydrogen-bond donors (Lipinski definition) is 1. The molecule has 0 bridgehead atoms. The zero-order valence-corrected chi connectivity index (χ0v) is 11.0. The summed E-state index contributed by atoms with van der Waals surface area (Å²) in [5, 5.41) is 3.90. The summed E-state index contributed by atoms with van der Waals surface area (Å²) in [6.07, 6.45) is 1.97. The minimum absolute atomic E-state index is 0.0741. The first-order chi connectivity index (χ1) is 8.17. The monoisotopic (exact) mass is 255 g/mol. The predicted molar refractivity (Wildman–Crippen MR) is 71.5 cm³/mol. The topological polar surface area (TPSA) is 21.3 Å². The number of rotatable bonds is 6. The summed E-state index contributed by atoms with van der Waals surface area (Å²) in [5.74, 6) is -0.216. The van der Waals surface area contributed by atoms with Crippen LogP contribution in [0.3, 0.4) is 0 Å². The highest BCUT2D eigenvalue weighted by Crippen LogP contribution is 2.05. The maximum Gasteiger partial charge on any atom is 0.176 e. The zero-order valence-electron chi connectivity index (χ0n) is 10.2. The van der Waals surface area contributed by atoms with Gasteiger partial charge in [-0.3, -0.25) is 0 Å². The van der Waals surface area contributed by atoms with Crippen LogP contribution in [0.5, 0.6) is 0 Å². The second kappa shape index (κ2) is 7.35. The average molecular weight is 255 g/mol. The Morgan fingerprint density at radius 3 is 2.59 bits per heavy atom. The summed E-state index contributed by atoms with van der Waals surface area (Å²) in [4.78, 5) is 0. The fourth-order valence-corrected chi connectivity index (χ4v) is 1.78. The molecule has 17 heavy (non-hydrogen) atoms. The van der Waals surface area contributed by atoms with Gasteiger partial charge in [0.25, 0.3) is 0 Å². The van der Waals surface area contributed by atoms with E-state index in [0.29, 0.717) is 11.6 Å². The molecule has 0 aromatic heterocycles. The molecule has 0 saturated carbocycles. The van der Waals surface area contributed by atoms with E-state index in [-0.39, 0.29) is 11.9 Å². The summed E-state index contributed by atoms with van der Waals surface area (Å²) in [7, 11) is 1.59. The Morgan fingerprint density at radius 2 is 2.06 bits per heavy atom. The molecule has 0 aliphatic rings. The summed E-state index contributed by atoms with van der Waals surface area (Å²) < 4.78 is 17.8. The predicted octanol–water partition coefficient (Wildman–Crippen LogP) is 3.06. The average Bonchev–Trinajstić information content (AvgIpc) is 2.35. The van der Waals surface area contributed by atoms with Crippen LogP contribution in [0.25, 0.3) is 0 Å². The molecule has 0 radical (unpaired) electrons. The van der Waals surface area contributed by atoms with Gasteiger partial charge in [-0.15, -0.1) is 0 Å². The zero-order chi connectivity index (χ0) is 12.7. The molecule has 0 amide bonds. The van der Waals surface area contributed by atoms with Crippen LogP contribution < -0.4 is 5.32 Å². The highest BCUT2D eigenvalue weighted by atomic mass is 32.1. The van der Waals surface area contributed by atoms with Crippen molar-refractivity contribution in [2.75, 3.05) is 7.11 Å². The van der Waals surface area contributed by atoms with Crippen LogP contribution in [-0.4, -0.2) is 18.2 Å². The van der Waals surface area contributed by atoms with Crippen LogP contribution in [0.1, 0.15) is 25.3 Å². The number of thiocarbonyl (C=S) groups is 1. The Balaban J connectivity index is 2.51. The van der Waals surface area contributed by atoms with Gasteiger partial charge in [0, 0.05) is 6.54 Å². The van der Waals surface area contributed by atoms with Crippen molar-refractivity contribution in [3.05, 3.63) is 35.6 Å². The highest BCUT2D eigenvalue weighted by molar-refractivity contribution is 7.80. The molecule has 1 rings (SSSR count). The molecule has 0 heterocycles. The minimum Gasteiger partial charge on any atom is -0.489 e. The molecule has 0 fully saturated rings. The van der Waals surface area contributed by atoms with Crippen LogP contribution in [0.2, 0.25) is 0 Å². The van der Waals surface area contributed by atoms with E-state index in [1.165, 1.54) is 12.1 Å². The molecule has 0 aliphatic heterocycles. The number of benzene rings is 1. The van der Waals surface area contributed by atoms with Gasteiger partial charge in [-0.1, -0.05) is 25.5 Å². The van der Waals surface area contributed by atoms with E-state index in [1.807, 2.05) is 0 Å². The van der Waals surface area contributed by atoms with Crippen molar-refractivity contribution in [3.63, 3.8) is 0 Å². The van der Waals surface area contributed by atoms with Gasteiger partial charge < -0.3 is 10.1 Å². The van der Waals surface area contributed by atoms with Crippen LogP contribution in [0, 0.1) is 5.82 Å². The highest BCUT2D eigenvalue weighted by Gasteiger charge is 2.13. The van der Waals surface area contributed by atoms with Crippen molar-refractivity contribution >= 4 is 17.3 Å². The second-order valence-corrected chi connectivity index (χ2v) is 4.27. The SMILES string of the molecule is CCC[C@@H](NCc1ccc(F)cc1)C(=S)OC. The van der Waals surface area contributed by atoms with Gasteiger partial charge in [0.2, 0.25) is 0 Å². The fourth-order valence-electron chi connectivity index (χ4n) is 1.58. The summed E-state index contributed by atoms with van der Waals surface area (Å²) in [6.45, 7) is 2.76. The first-order valence-electron chi connectivity index (χ1n) is 5.73. The first-order valence-corrected chi connectivity index (χ1v) is 6.13. The minimum atomic E-state index is -0.216. The Bertz CT molecular complexity index is 353. The Kier molecular flexibility index (Phi) is 6.08. The molecule has 94 valence electrons. The molecule has 1 atom stereocenters. The van der Waals surface area contributed by atoms with Gasteiger partial charge in [-0.2, -0.15) is 0 Å². The molecule has 0 unspecified atom stereocenters. The maximum atomic E-state index is 12.7. The standard InChI is InChI=1S/C13H18FNOS/c1-3-4-12(13(17)16-2)15-9-10-5-7-11(14)8-6-10/h5-8,12,15H,3-4,9H2,1-2H3/t12-/m1/s1. The number of methoxy groups -OCH3 is 1. The molecule has 1 N–H and O–H groups in total. The van der Waals surface area contributed by atoms with Crippen molar-refractivity contribution in [2.24, 2.45) is 0 Å². The Morgan fingerprint density at radius 1 is 1.41 bits per heavy atom.